The van der Waals surface area contributed by atoms with Crippen LogP contribution in [0.4, 0.5) is 18.9 Å². The number of nitrogens with one attached hydrogen (secondary N) is 1. The molecule has 2 rings (SSSR count). The number of para-hydroxylation sites is 1. The zero-order chi connectivity index (χ0) is 14.6. The largest absolute Gasteiger partial charge is 0.416 e. The predicted octanol–water partition coefficient (Wildman–Crippen LogP) is 4.91. The summed E-state index contributed by atoms with van der Waals surface area (Å²) in [4.78, 5) is 0. The lowest BCUT2D eigenvalue weighted by molar-refractivity contribution is -0.137. The predicted molar refractivity (Wildman–Crippen MR) is 76.8 cm³/mol. The molecule has 0 saturated carbocycles. The van der Waals surface area contributed by atoms with Crippen molar-refractivity contribution in [3.05, 3.63) is 64.1 Å². The summed E-state index contributed by atoms with van der Waals surface area (Å²) in [6, 6.07) is 12.8. The molecule has 0 unspecified atom stereocenters. The van der Waals surface area contributed by atoms with Gasteiger partial charge in [0.1, 0.15) is 0 Å². The first-order chi connectivity index (χ1) is 9.45. The lowest BCUT2D eigenvalue weighted by Gasteiger charge is -2.08. The highest BCUT2D eigenvalue weighted by Gasteiger charge is 2.30. The van der Waals surface area contributed by atoms with Crippen LogP contribution in [0.2, 0.25) is 0 Å². The molecule has 0 amide bonds. The Kier molecular flexibility index (Phi) is 4.44. The van der Waals surface area contributed by atoms with Crippen molar-refractivity contribution in [2.75, 3.05) is 5.43 Å². The molecular weight excluding hydrogens is 333 g/mol. The maximum Gasteiger partial charge on any atom is 0.416 e. The molecule has 0 spiro atoms. The number of hydrogen-bond acceptors (Lipinski definition) is 2. The normalized spacial score (nSPS) is 11.8. The van der Waals surface area contributed by atoms with Crippen LogP contribution in [0.15, 0.2) is 58.1 Å². The second-order valence-corrected chi connectivity index (χ2v) is 4.92. The Morgan fingerprint density at radius 2 is 1.75 bits per heavy atom. The Morgan fingerprint density at radius 3 is 2.40 bits per heavy atom. The van der Waals surface area contributed by atoms with Crippen LogP contribution >= 0.6 is 15.9 Å². The molecular formula is C14H10BrF3N2. The number of nitrogens with zero attached hydrogens (tertiary/aromatic N) is 1. The maximum absolute atomic E-state index is 12.7. The zero-order valence-corrected chi connectivity index (χ0v) is 11.7. The van der Waals surface area contributed by atoms with Gasteiger partial charge >= 0.3 is 6.18 Å². The van der Waals surface area contributed by atoms with E-state index in [0.29, 0.717) is 10.0 Å². The van der Waals surface area contributed by atoms with Crippen molar-refractivity contribution in [1.29, 1.82) is 0 Å². The molecule has 0 heterocycles. The molecule has 0 radical (unpaired) electrons. The highest BCUT2D eigenvalue weighted by Crippen LogP contribution is 2.31. The SMILES string of the molecule is FC(F)(F)c1cc(Br)cc(C=NNc2ccccc2)c1. The van der Waals surface area contributed by atoms with E-state index >= 15 is 0 Å². The maximum atomic E-state index is 12.7. The molecule has 1 N–H and O–H groups in total. The minimum absolute atomic E-state index is 0.355. The van der Waals surface area contributed by atoms with Crippen molar-refractivity contribution in [3.63, 3.8) is 0 Å². The van der Waals surface area contributed by atoms with Crippen molar-refractivity contribution in [2.24, 2.45) is 5.10 Å². The Hall–Kier alpha value is -1.82. The topological polar surface area (TPSA) is 24.4 Å². The molecule has 2 nitrogen and oxygen atoms in total. The Labute approximate surface area is 122 Å². The lowest BCUT2D eigenvalue weighted by atomic mass is 10.1. The first kappa shape index (κ1) is 14.6. The van der Waals surface area contributed by atoms with Crippen molar-refractivity contribution >= 4 is 27.8 Å². The van der Waals surface area contributed by atoms with E-state index in [0.717, 1.165) is 17.8 Å². The van der Waals surface area contributed by atoms with E-state index in [1.807, 2.05) is 18.2 Å². The molecule has 2 aromatic rings. The number of benzene rings is 2. The molecule has 0 aliphatic rings. The van der Waals surface area contributed by atoms with Gasteiger partial charge in [0, 0.05) is 4.47 Å². The Balaban J connectivity index is 2.15. The second kappa shape index (κ2) is 6.09. The van der Waals surface area contributed by atoms with Crippen LogP contribution in [0, 0.1) is 0 Å². The van der Waals surface area contributed by atoms with Gasteiger partial charge in [-0.25, -0.2) is 0 Å². The highest BCUT2D eigenvalue weighted by atomic mass is 79.9. The lowest BCUT2D eigenvalue weighted by Crippen LogP contribution is -2.05. The van der Waals surface area contributed by atoms with Crippen molar-refractivity contribution in [1.82, 2.24) is 0 Å². The summed E-state index contributed by atoms with van der Waals surface area (Å²) in [5, 5.41) is 3.91. The molecule has 0 bridgehead atoms. The zero-order valence-electron chi connectivity index (χ0n) is 10.2. The van der Waals surface area contributed by atoms with Gasteiger partial charge in [0.15, 0.2) is 0 Å². The molecule has 0 aliphatic carbocycles. The Bertz CT molecular complexity index is 610. The van der Waals surface area contributed by atoms with Gasteiger partial charge in [0.2, 0.25) is 0 Å². The van der Waals surface area contributed by atoms with Crippen LogP contribution in [0.3, 0.4) is 0 Å². The van der Waals surface area contributed by atoms with E-state index in [-0.39, 0.29) is 0 Å². The summed E-state index contributed by atoms with van der Waals surface area (Å²) in [6.45, 7) is 0. The third-order valence-electron chi connectivity index (χ3n) is 2.43. The Morgan fingerprint density at radius 1 is 1.05 bits per heavy atom. The second-order valence-electron chi connectivity index (χ2n) is 4.01. The van der Waals surface area contributed by atoms with Crippen LogP contribution in [0.1, 0.15) is 11.1 Å². The quantitative estimate of drug-likeness (QED) is 0.621. The molecule has 0 aliphatic heterocycles. The molecule has 0 aromatic heterocycles. The van der Waals surface area contributed by atoms with E-state index in [2.05, 4.69) is 26.5 Å². The van der Waals surface area contributed by atoms with Crippen molar-refractivity contribution in [2.45, 2.75) is 6.18 Å². The first-order valence-corrected chi connectivity index (χ1v) is 6.46. The van der Waals surface area contributed by atoms with Gasteiger partial charge < -0.3 is 0 Å². The van der Waals surface area contributed by atoms with E-state index in [1.54, 1.807) is 18.2 Å². The summed E-state index contributed by atoms with van der Waals surface area (Å²) in [5.41, 5.74) is 3.14. The molecule has 0 saturated heterocycles. The smallest absolute Gasteiger partial charge is 0.279 e. The van der Waals surface area contributed by atoms with Gasteiger partial charge in [0.25, 0.3) is 0 Å². The fourth-order valence-corrected chi connectivity index (χ4v) is 2.06. The molecule has 2 aromatic carbocycles. The minimum atomic E-state index is -4.38. The molecule has 6 heteroatoms. The van der Waals surface area contributed by atoms with Crippen LogP contribution in [-0.4, -0.2) is 6.21 Å². The molecule has 104 valence electrons. The minimum Gasteiger partial charge on any atom is -0.279 e. The number of halogens is 4. The third-order valence-corrected chi connectivity index (χ3v) is 2.89. The van der Waals surface area contributed by atoms with Gasteiger partial charge in [-0.2, -0.15) is 18.3 Å². The summed E-state index contributed by atoms with van der Waals surface area (Å²) in [6.07, 6.45) is -3.04. The fourth-order valence-electron chi connectivity index (χ4n) is 1.54. The van der Waals surface area contributed by atoms with Gasteiger partial charge in [-0.1, -0.05) is 34.1 Å². The van der Waals surface area contributed by atoms with Crippen molar-refractivity contribution < 1.29 is 13.2 Å². The van der Waals surface area contributed by atoms with E-state index in [1.165, 1.54) is 6.21 Å². The standard InChI is InChI=1S/C14H10BrF3N2/c15-12-7-10(6-11(8-12)14(16,17)18)9-19-20-13-4-2-1-3-5-13/h1-9,20H. The number of alkyl halides is 3. The first-order valence-electron chi connectivity index (χ1n) is 5.67. The van der Waals surface area contributed by atoms with Gasteiger partial charge in [-0.05, 0) is 35.9 Å². The average Bonchev–Trinajstić information content (AvgIpc) is 2.38. The molecule has 20 heavy (non-hydrogen) atoms. The van der Waals surface area contributed by atoms with Gasteiger partial charge in [-0.15, -0.1) is 0 Å². The number of anilines is 1. The third kappa shape index (κ3) is 4.09. The van der Waals surface area contributed by atoms with E-state index in [4.69, 9.17) is 0 Å². The monoisotopic (exact) mass is 342 g/mol. The van der Waals surface area contributed by atoms with Crippen LogP contribution < -0.4 is 5.43 Å². The summed E-state index contributed by atoms with van der Waals surface area (Å²) >= 11 is 3.06. The van der Waals surface area contributed by atoms with E-state index in [9.17, 15) is 13.2 Å². The van der Waals surface area contributed by atoms with Crippen molar-refractivity contribution in [3.8, 4) is 0 Å². The van der Waals surface area contributed by atoms with Crippen LogP contribution in [-0.2, 0) is 6.18 Å². The number of hydrogen-bond donors (Lipinski definition) is 1. The van der Waals surface area contributed by atoms with Crippen LogP contribution in [0.25, 0.3) is 0 Å². The molecule has 0 atom stereocenters. The van der Waals surface area contributed by atoms with Crippen LogP contribution in [0.5, 0.6) is 0 Å². The average molecular weight is 343 g/mol. The summed E-state index contributed by atoms with van der Waals surface area (Å²) < 4.78 is 38.3. The van der Waals surface area contributed by atoms with Gasteiger partial charge in [0.05, 0.1) is 17.5 Å². The van der Waals surface area contributed by atoms with E-state index < -0.39 is 11.7 Å². The highest BCUT2D eigenvalue weighted by molar-refractivity contribution is 9.10. The molecule has 0 fully saturated rings. The fraction of sp³-hybridized carbons (Fsp3) is 0.0714. The number of rotatable bonds is 3. The summed E-state index contributed by atoms with van der Waals surface area (Å²) in [7, 11) is 0. The van der Waals surface area contributed by atoms with Gasteiger partial charge in [-0.3, -0.25) is 5.43 Å². The number of hydrazone groups is 1. The summed E-state index contributed by atoms with van der Waals surface area (Å²) in [5.74, 6) is 0.